The molecular formula is C21H23N5O2S. The van der Waals surface area contributed by atoms with E-state index in [9.17, 15) is 9.59 Å². The van der Waals surface area contributed by atoms with Crippen LogP contribution in [-0.2, 0) is 4.79 Å². The summed E-state index contributed by atoms with van der Waals surface area (Å²) >= 11 is 1.23. The topological polar surface area (TPSA) is 88.9 Å². The summed E-state index contributed by atoms with van der Waals surface area (Å²) in [6.45, 7) is 7.83. The van der Waals surface area contributed by atoms with E-state index in [-0.39, 0.29) is 5.75 Å². The molecule has 0 fully saturated rings. The van der Waals surface area contributed by atoms with Crippen LogP contribution in [0.15, 0.2) is 47.6 Å². The van der Waals surface area contributed by atoms with Crippen LogP contribution in [0.1, 0.15) is 22.5 Å². The molecule has 150 valence electrons. The number of para-hydroxylation sites is 1. The lowest BCUT2D eigenvalue weighted by Gasteiger charge is -2.11. The number of thioether (sulfide) groups is 1. The average Bonchev–Trinajstić information content (AvgIpc) is 3.04. The van der Waals surface area contributed by atoms with E-state index in [1.54, 1.807) is 6.07 Å². The Kier molecular flexibility index (Phi) is 6.33. The van der Waals surface area contributed by atoms with Crippen molar-refractivity contribution in [2.45, 2.75) is 32.9 Å². The third-order valence-corrected chi connectivity index (χ3v) is 5.43. The summed E-state index contributed by atoms with van der Waals surface area (Å²) in [5.41, 5.74) is 4.88. The molecule has 7 nitrogen and oxygen atoms in total. The highest BCUT2D eigenvalue weighted by atomic mass is 32.2. The minimum atomic E-state index is -0.560. The fraction of sp³-hybridized carbons (Fsp3) is 0.238. The van der Waals surface area contributed by atoms with Crippen molar-refractivity contribution < 1.29 is 9.59 Å². The normalized spacial score (nSPS) is 10.6. The van der Waals surface area contributed by atoms with Crippen molar-refractivity contribution in [2.75, 3.05) is 11.1 Å². The van der Waals surface area contributed by atoms with Crippen LogP contribution < -0.4 is 10.6 Å². The number of anilines is 1. The standard InChI is InChI=1S/C21H23N5O2S/c1-13-9-10-17(11-15(13)3)22-20(28)23-19(27)12-29-21-25-24-16(4)26(21)18-8-6-5-7-14(18)2/h5-11H,12H2,1-4H3,(H2,22,23,27,28). The monoisotopic (exact) mass is 409 g/mol. The maximum Gasteiger partial charge on any atom is 0.325 e. The van der Waals surface area contributed by atoms with Gasteiger partial charge in [0.25, 0.3) is 0 Å². The van der Waals surface area contributed by atoms with Gasteiger partial charge in [-0.2, -0.15) is 0 Å². The van der Waals surface area contributed by atoms with Crippen LogP contribution in [0.25, 0.3) is 5.69 Å². The van der Waals surface area contributed by atoms with Gasteiger partial charge >= 0.3 is 6.03 Å². The van der Waals surface area contributed by atoms with Crippen molar-refractivity contribution in [3.63, 3.8) is 0 Å². The Morgan fingerprint density at radius 1 is 0.966 bits per heavy atom. The summed E-state index contributed by atoms with van der Waals surface area (Å²) in [5.74, 6) is 0.368. The van der Waals surface area contributed by atoms with Gasteiger partial charge in [-0.15, -0.1) is 10.2 Å². The second-order valence-electron chi connectivity index (χ2n) is 6.74. The van der Waals surface area contributed by atoms with Crippen LogP contribution in [0.4, 0.5) is 10.5 Å². The Labute approximate surface area is 173 Å². The predicted octanol–water partition coefficient (Wildman–Crippen LogP) is 3.94. The molecule has 0 bridgehead atoms. The highest BCUT2D eigenvalue weighted by Gasteiger charge is 2.15. The number of aromatic nitrogens is 3. The van der Waals surface area contributed by atoms with Gasteiger partial charge in [0.1, 0.15) is 5.82 Å². The number of urea groups is 1. The zero-order chi connectivity index (χ0) is 21.0. The number of hydrogen-bond acceptors (Lipinski definition) is 5. The number of rotatable bonds is 5. The molecule has 0 saturated carbocycles. The van der Waals surface area contributed by atoms with E-state index in [1.165, 1.54) is 11.8 Å². The molecule has 2 aromatic carbocycles. The number of nitrogens with zero attached hydrogens (tertiary/aromatic N) is 3. The van der Waals surface area contributed by atoms with Gasteiger partial charge in [-0.3, -0.25) is 14.7 Å². The van der Waals surface area contributed by atoms with Gasteiger partial charge in [-0.05, 0) is 62.6 Å². The first kappa shape index (κ1) is 20.6. The number of hydrogen-bond donors (Lipinski definition) is 2. The third kappa shape index (κ3) is 5.03. The van der Waals surface area contributed by atoms with Gasteiger partial charge in [0.2, 0.25) is 5.91 Å². The van der Waals surface area contributed by atoms with Gasteiger partial charge in [-0.1, -0.05) is 36.0 Å². The van der Waals surface area contributed by atoms with Gasteiger partial charge in [0.05, 0.1) is 11.4 Å². The molecule has 0 aliphatic rings. The number of imide groups is 1. The average molecular weight is 410 g/mol. The van der Waals surface area contributed by atoms with E-state index in [2.05, 4.69) is 20.8 Å². The van der Waals surface area contributed by atoms with Gasteiger partial charge < -0.3 is 5.32 Å². The molecule has 0 atom stereocenters. The fourth-order valence-electron chi connectivity index (χ4n) is 2.80. The van der Waals surface area contributed by atoms with Crippen LogP contribution in [-0.4, -0.2) is 32.5 Å². The Morgan fingerprint density at radius 2 is 1.72 bits per heavy atom. The molecule has 3 aromatic rings. The lowest BCUT2D eigenvalue weighted by molar-refractivity contribution is -0.117. The number of amides is 3. The summed E-state index contributed by atoms with van der Waals surface area (Å²) in [4.78, 5) is 24.3. The summed E-state index contributed by atoms with van der Waals surface area (Å²) in [5, 5.41) is 13.9. The number of nitrogens with one attached hydrogen (secondary N) is 2. The lowest BCUT2D eigenvalue weighted by Crippen LogP contribution is -2.35. The first-order chi connectivity index (χ1) is 13.8. The van der Waals surface area contributed by atoms with Crippen LogP contribution in [0, 0.1) is 27.7 Å². The van der Waals surface area contributed by atoms with E-state index in [4.69, 9.17) is 0 Å². The molecule has 0 aliphatic heterocycles. The van der Waals surface area contributed by atoms with Crippen molar-refractivity contribution in [3.05, 3.63) is 65.0 Å². The van der Waals surface area contributed by atoms with E-state index in [0.29, 0.717) is 10.8 Å². The molecular weight excluding hydrogens is 386 g/mol. The van der Waals surface area contributed by atoms with Crippen molar-refractivity contribution in [2.24, 2.45) is 0 Å². The van der Waals surface area contributed by atoms with E-state index < -0.39 is 11.9 Å². The van der Waals surface area contributed by atoms with Crippen molar-refractivity contribution in [3.8, 4) is 5.69 Å². The predicted molar refractivity (Wildman–Crippen MR) is 115 cm³/mol. The first-order valence-corrected chi connectivity index (χ1v) is 10.1. The summed E-state index contributed by atoms with van der Waals surface area (Å²) in [6.07, 6.45) is 0. The Balaban J connectivity index is 1.61. The molecule has 1 aromatic heterocycles. The Morgan fingerprint density at radius 3 is 2.45 bits per heavy atom. The molecule has 0 unspecified atom stereocenters. The highest BCUT2D eigenvalue weighted by molar-refractivity contribution is 7.99. The summed E-state index contributed by atoms with van der Waals surface area (Å²) < 4.78 is 1.91. The number of carbonyl (C=O) groups excluding carboxylic acids is 2. The van der Waals surface area contributed by atoms with Crippen LogP contribution in [0.3, 0.4) is 0 Å². The second-order valence-corrected chi connectivity index (χ2v) is 7.68. The zero-order valence-corrected chi connectivity index (χ0v) is 17.6. The van der Waals surface area contributed by atoms with Crippen molar-refractivity contribution >= 4 is 29.4 Å². The maximum atomic E-state index is 12.2. The summed E-state index contributed by atoms with van der Waals surface area (Å²) in [6, 6.07) is 12.9. The smallest absolute Gasteiger partial charge is 0.308 e. The van der Waals surface area contributed by atoms with Crippen LogP contribution in [0.2, 0.25) is 0 Å². The number of benzene rings is 2. The molecule has 8 heteroatoms. The molecule has 2 N–H and O–H groups in total. The minimum absolute atomic E-state index is 0.0460. The fourth-order valence-corrected chi connectivity index (χ4v) is 3.59. The maximum absolute atomic E-state index is 12.2. The molecule has 0 saturated heterocycles. The Hall–Kier alpha value is -3.13. The van der Waals surface area contributed by atoms with E-state index in [0.717, 1.165) is 28.2 Å². The number of carbonyl (C=O) groups is 2. The van der Waals surface area contributed by atoms with E-state index in [1.807, 2.05) is 68.7 Å². The lowest BCUT2D eigenvalue weighted by atomic mass is 10.1. The minimum Gasteiger partial charge on any atom is -0.308 e. The second kappa shape index (κ2) is 8.91. The van der Waals surface area contributed by atoms with E-state index >= 15 is 0 Å². The molecule has 3 rings (SSSR count). The molecule has 29 heavy (non-hydrogen) atoms. The van der Waals surface area contributed by atoms with Gasteiger partial charge in [0.15, 0.2) is 5.16 Å². The van der Waals surface area contributed by atoms with Crippen molar-refractivity contribution in [1.82, 2.24) is 20.1 Å². The van der Waals surface area contributed by atoms with Gasteiger partial charge in [-0.25, -0.2) is 4.79 Å². The first-order valence-electron chi connectivity index (χ1n) is 9.14. The largest absolute Gasteiger partial charge is 0.325 e. The third-order valence-electron chi connectivity index (χ3n) is 4.50. The Bertz CT molecular complexity index is 1060. The zero-order valence-electron chi connectivity index (χ0n) is 16.8. The van der Waals surface area contributed by atoms with Crippen LogP contribution in [0.5, 0.6) is 0 Å². The molecule has 0 aliphatic carbocycles. The molecule has 0 spiro atoms. The van der Waals surface area contributed by atoms with Crippen molar-refractivity contribution in [1.29, 1.82) is 0 Å². The van der Waals surface area contributed by atoms with Gasteiger partial charge in [0, 0.05) is 5.69 Å². The highest BCUT2D eigenvalue weighted by Crippen LogP contribution is 2.23. The summed E-state index contributed by atoms with van der Waals surface area (Å²) in [7, 11) is 0. The number of aryl methyl sites for hydroxylation is 4. The quantitative estimate of drug-likeness (QED) is 0.623. The SMILES string of the molecule is Cc1ccc(NC(=O)NC(=O)CSc2nnc(C)n2-c2ccccc2C)cc1C. The van der Waals surface area contributed by atoms with Crippen LogP contribution >= 0.6 is 11.8 Å². The molecule has 1 heterocycles. The molecule has 0 radical (unpaired) electrons. The molecule has 3 amide bonds.